The maximum absolute atomic E-state index is 12.0. The molecule has 8 nitrogen and oxygen atoms in total. The van der Waals surface area contributed by atoms with Gasteiger partial charge in [-0.05, 0) is 11.5 Å². The number of amides is 1. The maximum atomic E-state index is 12.0. The molecule has 1 aliphatic rings. The summed E-state index contributed by atoms with van der Waals surface area (Å²) in [6.07, 6.45) is -0.736. The molecule has 136 valence electrons. The van der Waals surface area contributed by atoms with Gasteiger partial charge in [0.05, 0.1) is 18.2 Å². The van der Waals surface area contributed by atoms with Crippen LogP contribution >= 0.6 is 0 Å². The Bertz CT molecular complexity index is 862. The van der Waals surface area contributed by atoms with Crippen molar-refractivity contribution in [3.63, 3.8) is 0 Å². The molecule has 0 saturated heterocycles. The molecule has 1 amide bonds. The molecular formula is C18H18N2O6. The zero-order valence-corrected chi connectivity index (χ0v) is 13.7. The van der Waals surface area contributed by atoms with Gasteiger partial charge in [0.2, 0.25) is 0 Å². The van der Waals surface area contributed by atoms with Crippen molar-refractivity contribution in [3.8, 4) is 0 Å². The van der Waals surface area contributed by atoms with E-state index in [2.05, 4.69) is 5.32 Å². The third kappa shape index (κ3) is 3.45. The summed E-state index contributed by atoms with van der Waals surface area (Å²) in [6.45, 7) is -0.209. The van der Waals surface area contributed by atoms with E-state index in [1.807, 2.05) is 30.3 Å². The highest BCUT2D eigenvalue weighted by molar-refractivity contribution is 6.00. The minimum atomic E-state index is -1.30. The molecule has 5 N–H and O–H groups in total. The van der Waals surface area contributed by atoms with E-state index in [1.165, 1.54) is 0 Å². The molecule has 0 aliphatic heterocycles. The monoisotopic (exact) mass is 358 g/mol. The molecule has 0 aromatic heterocycles. The fraction of sp³-hybridized carbons (Fsp3) is 0.278. The van der Waals surface area contributed by atoms with Crippen molar-refractivity contribution in [2.24, 2.45) is 23.5 Å². The van der Waals surface area contributed by atoms with Crippen molar-refractivity contribution in [3.05, 3.63) is 42.5 Å². The van der Waals surface area contributed by atoms with Gasteiger partial charge in [-0.2, -0.15) is 0 Å². The Morgan fingerprint density at radius 2 is 1.81 bits per heavy atom. The van der Waals surface area contributed by atoms with Gasteiger partial charge in [0, 0.05) is 17.2 Å². The molecule has 26 heavy (non-hydrogen) atoms. The van der Waals surface area contributed by atoms with Crippen LogP contribution in [0.15, 0.2) is 42.5 Å². The highest BCUT2D eigenvalue weighted by Crippen LogP contribution is 2.48. The largest absolute Gasteiger partial charge is 0.481 e. The first-order chi connectivity index (χ1) is 12.4. The molecule has 3 rings (SSSR count). The number of carboxylic acid groups (broad SMARTS) is 2. The third-order valence-corrected chi connectivity index (χ3v) is 4.65. The lowest BCUT2D eigenvalue weighted by Gasteiger charge is -2.10. The van der Waals surface area contributed by atoms with Crippen molar-refractivity contribution in [2.45, 2.75) is 6.04 Å². The van der Waals surface area contributed by atoms with E-state index in [9.17, 15) is 14.4 Å². The number of hydrogen-bond acceptors (Lipinski definition) is 5. The van der Waals surface area contributed by atoms with Crippen LogP contribution in [0, 0.1) is 17.8 Å². The number of carbonyl (C=O) groups is 3. The van der Waals surface area contributed by atoms with Crippen molar-refractivity contribution in [1.29, 1.82) is 0 Å². The summed E-state index contributed by atoms with van der Waals surface area (Å²) in [5.74, 6) is -4.71. The SMILES string of the molecule is N[C@@H](C(=O)O)[C@@H]1[C@H](COC(=O)Nc2cccc3ccccc23)[C@H]1C(=O)O. The Kier molecular flexibility index (Phi) is 4.77. The van der Waals surface area contributed by atoms with Crippen LogP contribution in [0.1, 0.15) is 0 Å². The number of nitrogens with two attached hydrogens (primary N) is 1. The predicted octanol–water partition coefficient (Wildman–Crippen LogP) is 1.75. The van der Waals surface area contributed by atoms with E-state index in [4.69, 9.17) is 20.7 Å². The van der Waals surface area contributed by atoms with Crippen LogP contribution in [0.4, 0.5) is 10.5 Å². The van der Waals surface area contributed by atoms with Gasteiger partial charge in [-0.15, -0.1) is 0 Å². The number of aliphatic carboxylic acids is 2. The lowest BCUT2D eigenvalue weighted by Crippen LogP contribution is -2.34. The van der Waals surface area contributed by atoms with Gasteiger partial charge in [0.1, 0.15) is 6.04 Å². The van der Waals surface area contributed by atoms with Crippen molar-refractivity contribution in [2.75, 3.05) is 11.9 Å². The van der Waals surface area contributed by atoms with Gasteiger partial charge >= 0.3 is 18.0 Å². The Labute approximate surface area is 148 Å². The molecule has 8 heteroatoms. The van der Waals surface area contributed by atoms with Crippen LogP contribution in [-0.2, 0) is 14.3 Å². The number of carbonyl (C=O) groups excluding carboxylic acids is 1. The highest BCUT2D eigenvalue weighted by atomic mass is 16.5. The molecule has 0 radical (unpaired) electrons. The van der Waals surface area contributed by atoms with E-state index in [0.29, 0.717) is 5.69 Å². The van der Waals surface area contributed by atoms with Crippen molar-refractivity contribution >= 4 is 34.5 Å². The average molecular weight is 358 g/mol. The van der Waals surface area contributed by atoms with Gasteiger partial charge < -0.3 is 20.7 Å². The molecule has 1 saturated carbocycles. The Hall–Kier alpha value is -3.13. The molecule has 4 atom stereocenters. The van der Waals surface area contributed by atoms with Gasteiger partial charge in [-0.1, -0.05) is 36.4 Å². The van der Waals surface area contributed by atoms with Crippen LogP contribution in [-0.4, -0.2) is 40.9 Å². The zero-order chi connectivity index (χ0) is 18.8. The second-order valence-electron chi connectivity index (χ2n) is 6.22. The molecule has 0 unspecified atom stereocenters. The maximum Gasteiger partial charge on any atom is 0.411 e. The smallest absolute Gasteiger partial charge is 0.411 e. The molecule has 2 aromatic rings. The number of hydrogen-bond donors (Lipinski definition) is 4. The second kappa shape index (κ2) is 7.01. The van der Waals surface area contributed by atoms with Crippen molar-refractivity contribution < 1.29 is 29.3 Å². The Balaban J connectivity index is 1.62. The van der Waals surface area contributed by atoms with E-state index in [1.54, 1.807) is 12.1 Å². The minimum Gasteiger partial charge on any atom is -0.481 e. The first kappa shape index (κ1) is 17.7. The van der Waals surface area contributed by atoms with E-state index < -0.39 is 41.8 Å². The fourth-order valence-electron chi connectivity index (χ4n) is 3.27. The van der Waals surface area contributed by atoms with Gasteiger partial charge in [-0.3, -0.25) is 14.9 Å². The summed E-state index contributed by atoms with van der Waals surface area (Å²) in [4.78, 5) is 34.2. The molecule has 0 heterocycles. The number of rotatable bonds is 6. The molecule has 1 fully saturated rings. The van der Waals surface area contributed by atoms with Crippen LogP contribution < -0.4 is 11.1 Å². The quantitative estimate of drug-likeness (QED) is 0.617. The third-order valence-electron chi connectivity index (χ3n) is 4.65. The number of fused-ring (bicyclic) bond motifs is 1. The number of benzene rings is 2. The normalized spacial score (nSPS) is 22.4. The van der Waals surface area contributed by atoms with Crippen LogP contribution in [0.2, 0.25) is 0 Å². The van der Waals surface area contributed by atoms with E-state index in [-0.39, 0.29) is 6.61 Å². The summed E-state index contributed by atoms with van der Waals surface area (Å²) in [7, 11) is 0. The molecular weight excluding hydrogens is 340 g/mol. The Morgan fingerprint density at radius 3 is 2.50 bits per heavy atom. The van der Waals surface area contributed by atoms with E-state index >= 15 is 0 Å². The number of carboxylic acids is 2. The summed E-state index contributed by atoms with van der Waals surface area (Å²) in [5.41, 5.74) is 6.08. The molecule has 0 spiro atoms. The lowest BCUT2D eigenvalue weighted by molar-refractivity contribution is -0.140. The summed E-state index contributed by atoms with van der Waals surface area (Å²) < 4.78 is 5.10. The molecule has 2 aromatic carbocycles. The van der Waals surface area contributed by atoms with Crippen LogP contribution in [0.3, 0.4) is 0 Å². The second-order valence-corrected chi connectivity index (χ2v) is 6.22. The van der Waals surface area contributed by atoms with E-state index in [0.717, 1.165) is 10.8 Å². The Morgan fingerprint density at radius 1 is 1.12 bits per heavy atom. The minimum absolute atomic E-state index is 0.209. The first-order valence-electron chi connectivity index (χ1n) is 8.03. The highest BCUT2D eigenvalue weighted by Gasteiger charge is 2.60. The van der Waals surface area contributed by atoms with Crippen LogP contribution in [0.25, 0.3) is 10.8 Å². The summed E-state index contributed by atoms with van der Waals surface area (Å²) in [5, 5.41) is 22.5. The first-order valence-corrected chi connectivity index (χ1v) is 8.03. The molecule has 0 bridgehead atoms. The molecule has 1 aliphatic carbocycles. The lowest BCUT2D eigenvalue weighted by atomic mass is 10.1. The van der Waals surface area contributed by atoms with Gasteiger partial charge in [-0.25, -0.2) is 4.79 Å². The average Bonchev–Trinajstić information content (AvgIpc) is 3.34. The topological polar surface area (TPSA) is 139 Å². The van der Waals surface area contributed by atoms with Gasteiger partial charge in [0.15, 0.2) is 0 Å². The number of anilines is 1. The standard InChI is InChI=1S/C18H18N2O6/c19-15(17(23)24)13-11(14(13)16(21)22)8-26-18(25)20-12-7-3-5-9-4-1-2-6-10(9)12/h1-7,11,13-15H,8,19H2,(H,20,25)(H,21,22)(H,23,24)/t11-,13+,14+,15+/m0/s1. The zero-order valence-electron chi connectivity index (χ0n) is 13.7. The fourth-order valence-corrected chi connectivity index (χ4v) is 3.27. The summed E-state index contributed by atoms with van der Waals surface area (Å²) in [6, 6.07) is 11.6. The van der Waals surface area contributed by atoms with Crippen LogP contribution in [0.5, 0.6) is 0 Å². The number of ether oxygens (including phenoxy) is 1. The van der Waals surface area contributed by atoms with Gasteiger partial charge in [0.25, 0.3) is 0 Å². The summed E-state index contributed by atoms with van der Waals surface area (Å²) >= 11 is 0. The number of nitrogens with one attached hydrogen (secondary N) is 1. The predicted molar refractivity (Wildman–Crippen MR) is 92.6 cm³/mol. The van der Waals surface area contributed by atoms with Crippen molar-refractivity contribution in [1.82, 2.24) is 0 Å².